The number of rotatable bonds is 7. The highest BCUT2D eigenvalue weighted by Gasteiger charge is 2.64. The predicted molar refractivity (Wildman–Crippen MR) is 147 cm³/mol. The molecule has 0 spiro atoms. The molecule has 1 aliphatic heterocycles. The first-order chi connectivity index (χ1) is 19.3. The van der Waals surface area contributed by atoms with Gasteiger partial charge in [0.05, 0.1) is 23.1 Å². The second-order valence-corrected chi connectivity index (χ2v) is 10.8. The highest BCUT2D eigenvalue weighted by Crippen LogP contribution is 2.61. The van der Waals surface area contributed by atoms with Crippen molar-refractivity contribution in [1.29, 1.82) is 0 Å². The lowest BCUT2D eigenvalue weighted by molar-refractivity contribution is -0.123. The van der Waals surface area contributed by atoms with Gasteiger partial charge in [-0.15, -0.1) is 0 Å². The SMILES string of the molecule is CC(=O)c1ccc(NC(=O)COC(=O)c2cccc(N3C(=O)[C@@H]4[C@@H]5C[C@@H]([C@H]4C3=O)[C@H](c3ccccc3)C5)c2)cc1. The van der Waals surface area contributed by atoms with Crippen LogP contribution in [-0.2, 0) is 19.1 Å². The van der Waals surface area contributed by atoms with Crippen LogP contribution in [0.5, 0.6) is 0 Å². The Morgan fingerprint density at radius 2 is 1.57 bits per heavy atom. The van der Waals surface area contributed by atoms with Crippen LogP contribution < -0.4 is 10.2 Å². The van der Waals surface area contributed by atoms with E-state index in [1.807, 2.05) is 18.2 Å². The number of anilines is 2. The van der Waals surface area contributed by atoms with Crippen molar-refractivity contribution in [2.45, 2.75) is 25.7 Å². The highest BCUT2D eigenvalue weighted by atomic mass is 16.5. The van der Waals surface area contributed by atoms with Crippen molar-refractivity contribution in [3.05, 3.63) is 95.6 Å². The molecule has 5 atom stereocenters. The van der Waals surface area contributed by atoms with Crippen LogP contribution in [0.2, 0.25) is 0 Å². The molecule has 6 rings (SSSR count). The summed E-state index contributed by atoms with van der Waals surface area (Å²) in [5, 5.41) is 2.61. The van der Waals surface area contributed by atoms with Crippen LogP contribution in [0.4, 0.5) is 11.4 Å². The molecule has 3 fully saturated rings. The Kier molecular flexibility index (Phi) is 6.54. The van der Waals surface area contributed by atoms with Crippen LogP contribution in [0, 0.1) is 23.7 Å². The quantitative estimate of drug-likeness (QED) is 0.268. The molecule has 3 aromatic rings. The number of amides is 3. The van der Waals surface area contributed by atoms with E-state index in [0.29, 0.717) is 16.9 Å². The van der Waals surface area contributed by atoms with Crippen LogP contribution in [0.3, 0.4) is 0 Å². The molecular formula is C32H28N2O6. The van der Waals surface area contributed by atoms with E-state index in [9.17, 15) is 24.0 Å². The molecule has 3 amide bonds. The number of Topliss-reactive ketones (excluding diaryl/α,β-unsaturated/α-hetero) is 1. The highest BCUT2D eigenvalue weighted by molar-refractivity contribution is 6.23. The van der Waals surface area contributed by atoms with Crippen molar-refractivity contribution in [1.82, 2.24) is 0 Å². The van der Waals surface area contributed by atoms with Crippen molar-refractivity contribution < 1.29 is 28.7 Å². The minimum atomic E-state index is -0.743. The third kappa shape index (κ3) is 4.49. The monoisotopic (exact) mass is 536 g/mol. The Labute approximate surface area is 231 Å². The first-order valence-corrected chi connectivity index (χ1v) is 13.4. The second kappa shape index (κ2) is 10.2. The largest absolute Gasteiger partial charge is 0.452 e. The summed E-state index contributed by atoms with van der Waals surface area (Å²) in [4.78, 5) is 64.7. The molecular weight excluding hydrogens is 508 g/mol. The Balaban J connectivity index is 1.11. The molecule has 2 saturated carbocycles. The second-order valence-electron chi connectivity index (χ2n) is 10.8. The number of carbonyl (C=O) groups excluding carboxylic acids is 5. The molecule has 2 bridgehead atoms. The van der Waals surface area contributed by atoms with Crippen LogP contribution >= 0.6 is 0 Å². The lowest BCUT2D eigenvalue weighted by Crippen LogP contribution is -2.33. The van der Waals surface area contributed by atoms with Gasteiger partial charge in [0, 0.05) is 11.3 Å². The zero-order chi connectivity index (χ0) is 28.0. The van der Waals surface area contributed by atoms with Crippen molar-refractivity contribution in [2.75, 3.05) is 16.8 Å². The normalized spacial score (nSPS) is 24.6. The molecule has 0 radical (unpaired) electrons. The third-order valence-corrected chi connectivity index (χ3v) is 8.49. The van der Waals surface area contributed by atoms with Gasteiger partial charge in [0.15, 0.2) is 12.4 Å². The van der Waals surface area contributed by atoms with Gasteiger partial charge < -0.3 is 10.1 Å². The molecule has 1 saturated heterocycles. The number of hydrogen-bond donors (Lipinski definition) is 1. The van der Waals surface area contributed by atoms with E-state index in [0.717, 1.165) is 12.8 Å². The average Bonchev–Trinajstić information content (AvgIpc) is 3.63. The van der Waals surface area contributed by atoms with Gasteiger partial charge in [-0.25, -0.2) is 4.79 Å². The first-order valence-electron chi connectivity index (χ1n) is 13.4. The van der Waals surface area contributed by atoms with E-state index in [1.165, 1.54) is 29.5 Å². The fraction of sp³-hybridized carbons (Fsp3) is 0.281. The third-order valence-electron chi connectivity index (χ3n) is 8.49. The lowest BCUT2D eigenvalue weighted by atomic mass is 9.73. The fourth-order valence-corrected chi connectivity index (χ4v) is 6.77. The maximum atomic E-state index is 13.6. The smallest absolute Gasteiger partial charge is 0.338 e. The minimum Gasteiger partial charge on any atom is -0.452 e. The summed E-state index contributed by atoms with van der Waals surface area (Å²) in [6, 6.07) is 22.8. The molecule has 40 heavy (non-hydrogen) atoms. The van der Waals surface area contributed by atoms with Crippen LogP contribution in [-0.4, -0.2) is 36.1 Å². The van der Waals surface area contributed by atoms with Gasteiger partial charge >= 0.3 is 5.97 Å². The number of imide groups is 1. The number of hydrogen-bond acceptors (Lipinski definition) is 6. The summed E-state index contributed by atoms with van der Waals surface area (Å²) in [5.74, 6) is -1.87. The number of ether oxygens (including phenoxy) is 1. The number of fused-ring (bicyclic) bond motifs is 5. The molecule has 0 aromatic heterocycles. The van der Waals surface area contributed by atoms with Crippen molar-refractivity contribution >= 4 is 40.8 Å². The van der Waals surface area contributed by atoms with Gasteiger partial charge in [0.2, 0.25) is 11.8 Å². The topological polar surface area (TPSA) is 110 Å². The van der Waals surface area contributed by atoms with Crippen LogP contribution in [0.25, 0.3) is 0 Å². The standard InChI is InChI=1S/C32H28N2O6/c1-18(35)19-10-12-23(13-11-19)33-27(36)17-40-32(39)21-8-5-9-24(14-21)34-30(37)28-22-15-25(20-6-3-2-4-7-20)26(16-22)29(28)31(34)38/h2-14,22,25-26,28-29H,15-17H2,1H3,(H,33,36)/t22-,25-,26+,28+,29+/m0/s1. The first kappa shape index (κ1) is 25.7. The maximum absolute atomic E-state index is 13.6. The van der Waals surface area contributed by atoms with Gasteiger partial charge in [-0.05, 0) is 85.5 Å². The Bertz CT molecular complexity index is 1520. The number of benzene rings is 3. The Morgan fingerprint density at radius 1 is 0.850 bits per heavy atom. The number of ketones is 1. The van der Waals surface area contributed by atoms with Crippen molar-refractivity contribution in [3.8, 4) is 0 Å². The van der Waals surface area contributed by atoms with E-state index < -0.39 is 18.5 Å². The minimum absolute atomic E-state index is 0.0849. The molecule has 1 N–H and O–H groups in total. The summed E-state index contributed by atoms with van der Waals surface area (Å²) in [5.41, 5.74) is 2.68. The van der Waals surface area contributed by atoms with E-state index in [4.69, 9.17) is 4.74 Å². The molecule has 8 nitrogen and oxygen atoms in total. The zero-order valence-corrected chi connectivity index (χ0v) is 21.9. The Morgan fingerprint density at radius 3 is 2.30 bits per heavy atom. The molecule has 0 unspecified atom stereocenters. The van der Waals surface area contributed by atoms with Gasteiger partial charge in [-0.3, -0.25) is 24.1 Å². The number of nitrogens with one attached hydrogen (secondary N) is 1. The van der Waals surface area contributed by atoms with Crippen molar-refractivity contribution in [3.63, 3.8) is 0 Å². The molecule has 1 heterocycles. The number of nitrogens with zero attached hydrogens (tertiary/aromatic N) is 1. The van der Waals surface area contributed by atoms with Gasteiger partial charge in [-0.2, -0.15) is 0 Å². The molecule has 3 aliphatic rings. The molecule has 3 aromatic carbocycles. The lowest BCUT2D eigenvalue weighted by Gasteiger charge is -2.28. The van der Waals surface area contributed by atoms with E-state index >= 15 is 0 Å². The van der Waals surface area contributed by atoms with Gasteiger partial charge in [-0.1, -0.05) is 36.4 Å². The summed E-state index contributed by atoms with van der Waals surface area (Å²) >= 11 is 0. The Hall–Kier alpha value is -4.59. The number of carbonyl (C=O) groups is 5. The molecule has 2 aliphatic carbocycles. The van der Waals surface area contributed by atoms with E-state index in [1.54, 1.807) is 36.4 Å². The molecule has 202 valence electrons. The summed E-state index contributed by atoms with van der Waals surface area (Å²) in [6.07, 6.45) is 1.79. The van der Waals surface area contributed by atoms with Gasteiger partial charge in [0.25, 0.3) is 5.91 Å². The van der Waals surface area contributed by atoms with Crippen LogP contribution in [0.15, 0.2) is 78.9 Å². The van der Waals surface area contributed by atoms with Crippen LogP contribution in [0.1, 0.15) is 52.0 Å². The number of esters is 1. The summed E-state index contributed by atoms with van der Waals surface area (Å²) < 4.78 is 5.18. The van der Waals surface area contributed by atoms with Crippen molar-refractivity contribution in [2.24, 2.45) is 23.7 Å². The summed E-state index contributed by atoms with van der Waals surface area (Å²) in [6.45, 7) is 0.932. The summed E-state index contributed by atoms with van der Waals surface area (Å²) in [7, 11) is 0. The average molecular weight is 537 g/mol. The van der Waals surface area contributed by atoms with E-state index in [-0.39, 0.29) is 52.8 Å². The van der Waals surface area contributed by atoms with E-state index in [2.05, 4.69) is 17.4 Å². The fourth-order valence-electron chi connectivity index (χ4n) is 6.77. The van der Waals surface area contributed by atoms with Gasteiger partial charge in [0.1, 0.15) is 0 Å². The maximum Gasteiger partial charge on any atom is 0.338 e. The zero-order valence-electron chi connectivity index (χ0n) is 21.9. The predicted octanol–water partition coefficient (Wildman–Crippen LogP) is 4.61. The molecule has 8 heteroatoms.